The molecule has 1 aromatic carbocycles. The van der Waals surface area contributed by atoms with Crippen LogP contribution in [0.3, 0.4) is 0 Å². The second kappa shape index (κ2) is 12.2. The molecule has 1 aromatic heterocycles. The molecular formula is C23H35N7O2. The van der Waals surface area contributed by atoms with Crippen molar-refractivity contribution in [1.82, 2.24) is 30.2 Å². The molecule has 2 heterocycles. The summed E-state index contributed by atoms with van der Waals surface area (Å²) in [5.41, 5.74) is 3.03. The summed E-state index contributed by atoms with van der Waals surface area (Å²) < 4.78 is 7.28. The quantitative estimate of drug-likeness (QED) is 0.343. The molecule has 2 aromatic rings. The van der Waals surface area contributed by atoms with Crippen LogP contribution in [0.1, 0.15) is 17.7 Å². The van der Waals surface area contributed by atoms with Crippen molar-refractivity contribution in [2.75, 3.05) is 60.0 Å². The van der Waals surface area contributed by atoms with Gasteiger partial charge in [-0.2, -0.15) is 5.10 Å². The summed E-state index contributed by atoms with van der Waals surface area (Å²) >= 11 is 0. The smallest absolute Gasteiger partial charge is 0.241 e. The first kappa shape index (κ1) is 23.7. The number of hydrogen-bond acceptors (Lipinski definition) is 5. The number of carbonyl (C=O) groups is 1. The second-order valence-corrected chi connectivity index (χ2v) is 8.07. The molecule has 174 valence electrons. The van der Waals surface area contributed by atoms with E-state index in [1.165, 1.54) is 0 Å². The fourth-order valence-corrected chi connectivity index (χ4v) is 3.41. The van der Waals surface area contributed by atoms with Gasteiger partial charge in [0.2, 0.25) is 5.91 Å². The number of carbonyl (C=O) groups excluding carboxylic acids is 1. The maximum atomic E-state index is 12.0. The van der Waals surface area contributed by atoms with Crippen molar-refractivity contribution in [1.29, 1.82) is 0 Å². The molecule has 2 N–H and O–H groups in total. The number of aliphatic imine (C=N–C) groups is 1. The Balaban J connectivity index is 1.62. The number of nitrogens with zero attached hydrogens (tertiary/aromatic N) is 5. The Hall–Kier alpha value is -2.91. The molecule has 9 heteroatoms. The van der Waals surface area contributed by atoms with Crippen molar-refractivity contribution in [3.05, 3.63) is 47.8 Å². The lowest BCUT2D eigenvalue weighted by Gasteiger charge is -2.26. The maximum absolute atomic E-state index is 12.0. The minimum Gasteiger partial charge on any atom is -0.379 e. The molecule has 9 nitrogen and oxygen atoms in total. The van der Waals surface area contributed by atoms with E-state index < -0.39 is 0 Å². The van der Waals surface area contributed by atoms with E-state index in [0.717, 1.165) is 62.8 Å². The van der Waals surface area contributed by atoms with E-state index in [1.54, 1.807) is 19.0 Å². The molecule has 1 saturated heterocycles. The summed E-state index contributed by atoms with van der Waals surface area (Å²) in [6, 6.07) is 10.1. The van der Waals surface area contributed by atoms with Crippen LogP contribution in [0.25, 0.3) is 5.69 Å². The zero-order valence-electron chi connectivity index (χ0n) is 19.4. The summed E-state index contributed by atoms with van der Waals surface area (Å²) in [4.78, 5) is 20.8. The molecule has 1 aliphatic heterocycles. The number of amides is 1. The fourth-order valence-electron chi connectivity index (χ4n) is 3.41. The van der Waals surface area contributed by atoms with Gasteiger partial charge in [-0.3, -0.25) is 9.69 Å². The highest BCUT2D eigenvalue weighted by molar-refractivity contribution is 5.86. The molecule has 3 rings (SSSR count). The van der Waals surface area contributed by atoms with E-state index in [2.05, 4.69) is 26.7 Å². The summed E-state index contributed by atoms with van der Waals surface area (Å²) in [5, 5.41) is 11.1. The average molecular weight is 442 g/mol. The molecule has 0 spiro atoms. The minimum atomic E-state index is 0.000216. The third-order valence-corrected chi connectivity index (χ3v) is 5.32. The van der Waals surface area contributed by atoms with E-state index in [9.17, 15) is 4.79 Å². The summed E-state index contributed by atoms with van der Waals surface area (Å²) in [6.07, 6.45) is 2.95. The van der Waals surface area contributed by atoms with Gasteiger partial charge in [0.1, 0.15) is 0 Å². The molecule has 1 fully saturated rings. The van der Waals surface area contributed by atoms with Crippen LogP contribution in [0.15, 0.2) is 41.5 Å². The van der Waals surface area contributed by atoms with E-state index in [1.807, 2.05) is 42.1 Å². The van der Waals surface area contributed by atoms with Gasteiger partial charge >= 0.3 is 0 Å². The Morgan fingerprint density at radius 2 is 1.97 bits per heavy atom. The van der Waals surface area contributed by atoms with Crippen LogP contribution in [0.2, 0.25) is 0 Å². The fraction of sp³-hybridized carbons (Fsp3) is 0.522. The Labute approximate surface area is 190 Å². The lowest BCUT2D eigenvalue weighted by Crippen LogP contribution is -2.44. The van der Waals surface area contributed by atoms with Gasteiger partial charge in [0.25, 0.3) is 0 Å². The van der Waals surface area contributed by atoms with Crippen molar-refractivity contribution in [2.24, 2.45) is 4.99 Å². The number of benzene rings is 1. The van der Waals surface area contributed by atoms with Crippen LogP contribution >= 0.6 is 0 Å². The standard InChI is InChI=1S/C23H35N7O2/c1-19-9-12-30(27-19)21-8-5-4-7-20(21)17-25-23(26-18-22(31)28(2)3)24-10-6-11-29-13-15-32-16-14-29/h4-5,7-9,12H,6,10-11,13-18H2,1-3H3,(H2,24,25,26). The molecule has 1 aliphatic rings. The van der Waals surface area contributed by atoms with Crippen molar-refractivity contribution >= 4 is 11.9 Å². The Kier molecular flexibility index (Phi) is 9.06. The van der Waals surface area contributed by atoms with Crippen LogP contribution in [-0.2, 0) is 16.1 Å². The minimum absolute atomic E-state index is 0.000216. The van der Waals surface area contributed by atoms with E-state index >= 15 is 0 Å². The lowest BCUT2D eigenvalue weighted by molar-refractivity contribution is -0.127. The Morgan fingerprint density at radius 3 is 2.69 bits per heavy atom. The number of hydrogen-bond donors (Lipinski definition) is 2. The first-order valence-corrected chi connectivity index (χ1v) is 11.2. The number of likely N-dealkylation sites (N-methyl/N-ethyl adjacent to an activating group) is 1. The monoisotopic (exact) mass is 441 g/mol. The molecule has 1 amide bonds. The molecule has 0 saturated carbocycles. The molecule has 32 heavy (non-hydrogen) atoms. The summed E-state index contributed by atoms with van der Waals surface area (Å²) in [7, 11) is 3.50. The van der Waals surface area contributed by atoms with E-state index in [4.69, 9.17) is 9.73 Å². The molecule has 0 aliphatic carbocycles. The van der Waals surface area contributed by atoms with Crippen molar-refractivity contribution in [2.45, 2.75) is 19.9 Å². The first-order valence-electron chi connectivity index (χ1n) is 11.2. The van der Waals surface area contributed by atoms with Gasteiger partial charge in [-0.25, -0.2) is 9.67 Å². The number of ether oxygens (including phenoxy) is 1. The number of nitrogens with one attached hydrogen (secondary N) is 2. The van der Waals surface area contributed by atoms with E-state index in [0.29, 0.717) is 12.5 Å². The highest BCUT2D eigenvalue weighted by Crippen LogP contribution is 2.15. The van der Waals surface area contributed by atoms with Crippen LogP contribution < -0.4 is 10.6 Å². The first-order chi connectivity index (χ1) is 15.5. The SMILES string of the molecule is Cc1ccn(-c2ccccc2CN=C(NCCCN2CCOCC2)NCC(=O)N(C)C)n1. The molecule has 0 radical (unpaired) electrons. The van der Waals surface area contributed by atoms with Gasteiger partial charge in [-0.05, 0) is 37.6 Å². The maximum Gasteiger partial charge on any atom is 0.241 e. The second-order valence-electron chi connectivity index (χ2n) is 8.07. The number of morpholine rings is 1. The number of rotatable bonds is 9. The summed E-state index contributed by atoms with van der Waals surface area (Å²) in [5.74, 6) is 0.633. The van der Waals surface area contributed by atoms with Crippen LogP contribution in [-0.4, -0.2) is 91.5 Å². The van der Waals surface area contributed by atoms with Gasteiger partial charge in [0, 0.05) is 39.9 Å². The van der Waals surface area contributed by atoms with Crippen LogP contribution in [0.4, 0.5) is 0 Å². The van der Waals surface area contributed by atoms with Crippen LogP contribution in [0.5, 0.6) is 0 Å². The predicted molar refractivity (Wildman–Crippen MR) is 126 cm³/mol. The van der Waals surface area contributed by atoms with Crippen molar-refractivity contribution in [3.63, 3.8) is 0 Å². The van der Waals surface area contributed by atoms with Crippen LogP contribution in [0, 0.1) is 6.92 Å². The van der Waals surface area contributed by atoms with Gasteiger partial charge < -0.3 is 20.3 Å². The molecule has 0 bridgehead atoms. The lowest BCUT2D eigenvalue weighted by atomic mass is 10.2. The molecule has 0 atom stereocenters. The topological polar surface area (TPSA) is 87.0 Å². The molecular weight excluding hydrogens is 406 g/mol. The number of guanidine groups is 1. The number of para-hydroxylation sites is 1. The van der Waals surface area contributed by atoms with Gasteiger partial charge in [0.05, 0.1) is 37.7 Å². The van der Waals surface area contributed by atoms with Crippen molar-refractivity contribution < 1.29 is 9.53 Å². The third kappa shape index (κ3) is 7.35. The Morgan fingerprint density at radius 1 is 1.19 bits per heavy atom. The number of aromatic nitrogens is 2. The van der Waals surface area contributed by atoms with E-state index in [-0.39, 0.29) is 12.5 Å². The number of aryl methyl sites for hydroxylation is 1. The Bertz CT molecular complexity index is 888. The highest BCUT2D eigenvalue weighted by Gasteiger charge is 2.11. The van der Waals surface area contributed by atoms with Gasteiger partial charge in [-0.1, -0.05) is 18.2 Å². The zero-order valence-corrected chi connectivity index (χ0v) is 19.4. The normalized spacial score (nSPS) is 14.9. The summed E-state index contributed by atoms with van der Waals surface area (Å²) in [6.45, 7) is 8.03. The average Bonchev–Trinajstić information content (AvgIpc) is 3.24. The van der Waals surface area contributed by atoms with Gasteiger partial charge in [-0.15, -0.1) is 0 Å². The highest BCUT2D eigenvalue weighted by atomic mass is 16.5. The van der Waals surface area contributed by atoms with Crippen molar-refractivity contribution in [3.8, 4) is 5.69 Å². The third-order valence-electron chi connectivity index (χ3n) is 5.32. The van der Waals surface area contributed by atoms with Gasteiger partial charge in [0.15, 0.2) is 5.96 Å². The predicted octanol–water partition coefficient (Wildman–Crippen LogP) is 1.03. The molecule has 0 unspecified atom stereocenters. The largest absolute Gasteiger partial charge is 0.379 e. The zero-order chi connectivity index (χ0) is 22.8.